The van der Waals surface area contributed by atoms with E-state index in [1.807, 2.05) is 0 Å². The zero-order chi connectivity index (χ0) is 13.0. The van der Waals surface area contributed by atoms with E-state index in [4.69, 9.17) is 0 Å². The van der Waals surface area contributed by atoms with Gasteiger partial charge in [0.2, 0.25) is 0 Å². The monoisotopic (exact) mass is 248 g/mol. The summed E-state index contributed by atoms with van der Waals surface area (Å²) in [6.07, 6.45) is 11.7. The molecule has 2 rings (SSSR count). The van der Waals surface area contributed by atoms with Gasteiger partial charge in [0.15, 0.2) is 0 Å². The quantitative estimate of drug-likeness (QED) is 0.782. The molecule has 0 aromatic carbocycles. The molecule has 2 nitrogen and oxygen atoms in total. The molecule has 2 heteroatoms. The molecule has 0 amide bonds. The Hall–Kier alpha value is -0.790. The van der Waals surface area contributed by atoms with E-state index in [0.717, 1.165) is 11.8 Å². The second kappa shape index (κ2) is 6.40. The highest BCUT2D eigenvalue weighted by Crippen LogP contribution is 2.34. The van der Waals surface area contributed by atoms with Crippen LogP contribution >= 0.6 is 0 Å². The fourth-order valence-corrected chi connectivity index (χ4v) is 3.29. The highest BCUT2D eigenvalue weighted by atomic mass is 15.3. The van der Waals surface area contributed by atoms with Crippen LogP contribution in [-0.4, -0.2) is 5.71 Å². The Morgan fingerprint density at radius 2 is 2.17 bits per heavy atom. The van der Waals surface area contributed by atoms with Crippen LogP contribution in [-0.2, 0) is 0 Å². The van der Waals surface area contributed by atoms with Crippen molar-refractivity contribution < 1.29 is 0 Å². The van der Waals surface area contributed by atoms with Crippen LogP contribution in [0.4, 0.5) is 0 Å². The molecule has 102 valence electrons. The third-order valence-electron chi connectivity index (χ3n) is 4.54. The van der Waals surface area contributed by atoms with E-state index in [2.05, 4.69) is 37.5 Å². The lowest BCUT2D eigenvalue weighted by molar-refractivity contribution is 0.345. The molecule has 1 N–H and O–H groups in total. The predicted molar refractivity (Wildman–Crippen MR) is 78.5 cm³/mol. The van der Waals surface area contributed by atoms with Gasteiger partial charge in [0.25, 0.3) is 0 Å². The van der Waals surface area contributed by atoms with Crippen molar-refractivity contribution in [3.05, 3.63) is 11.8 Å². The molecule has 2 aliphatic rings. The first-order valence-corrected chi connectivity index (χ1v) is 7.65. The summed E-state index contributed by atoms with van der Waals surface area (Å²) in [5.41, 5.74) is 5.95. The average Bonchev–Trinajstić information content (AvgIpc) is 2.30. The number of hydrogen-bond acceptors (Lipinski definition) is 2. The molecule has 18 heavy (non-hydrogen) atoms. The SMILES string of the molecule is CC1=NNC=C2CCC(CCC(C)C)CCCC21. The Bertz CT molecular complexity index is 328. The molecule has 0 aromatic rings. The lowest BCUT2D eigenvalue weighted by atomic mass is 9.79. The van der Waals surface area contributed by atoms with Gasteiger partial charge in [-0.1, -0.05) is 39.5 Å². The van der Waals surface area contributed by atoms with E-state index in [-0.39, 0.29) is 0 Å². The van der Waals surface area contributed by atoms with E-state index >= 15 is 0 Å². The van der Waals surface area contributed by atoms with Crippen LogP contribution in [0.25, 0.3) is 0 Å². The van der Waals surface area contributed by atoms with E-state index in [1.54, 1.807) is 5.57 Å². The van der Waals surface area contributed by atoms with Crippen molar-refractivity contribution in [2.75, 3.05) is 0 Å². The Kier molecular flexibility index (Phi) is 4.85. The maximum Gasteiger partial charge on any atom is 0.0423 e. The van der Waals surface area contributed by atoms with Crippen molar-refractivity contribution in [1.82, 2.24) is 5.43 Å². The van der Waals surface area contributed by atoms with Gasteiger partial charge in [0, 0.05) is 17.8 Å². The molecule has 0 aromatic heterocycles. The van der Waals surface area contributed by atoms with Gasteiger partial charge in [-0.05, 0) is 43.6 Å². The lowest BCUT2D eigenvalue weighted by Crippen LogP contribution is -2.24. The highest BCUT2D eigenvalue weighted by molar-refractivity contribution is 5.87. The van der Waals surface area contributed by atoms with Gasteiger partial charge in [-0.15, -0.1) is 0 Å². The molecule has 0 bridgehead atoms. The van der Waals surface area contributed by atoms with Crippen LogP contribution in [0, 0.1) is 17.8 Å². The van der Waals surface area contributed by atoms with Crippen molar-refractivity contribution in [3.63, 3.8) is 0 Å². The molecule has 1 heterocycles. The summed E-state index contributed by atoms with van der Waals surface area (Å²) in [4.78, 5) is 0. The van der Waals surface area contributed by atoms with Gasteiger partial charge in [-0.2, -0.15) is 5.10 Å². The smallest absolute Gasteiger partial charge is 0.0423 e. The molecule has 1 saturated carbocycles. The Morgan fingerprint density at radius 3 is 2.94 bits per heavy atom. The topological polar surface area (TPSA) is 24.4 Å². The number of hydrazone groups is 1. The number of fused-ring (bicyclic) bond motifs is 1. The number of nitrogens with one attached hydrogen (secondary N) is 1. The van der Waals surface area contributed by atoms with Crippen molar-refractivity contribution in [1.29, 1.82) is 0 Å². The first-order chi connectivity index (χ1) is 8.66. The minimum Gasteiger partial charge on any atom is -0.286 e. The molecule has 2 unspecified atom stereocenters. The normalized spacial score (nSPS) is 28.7. The largest absolute Gasteiger partial charge is 0.286 e. The van der Waals surface area contributed by atoms with Crippen LogP contribution in [0.5, 0.6) is 0 Å². The van der Waals surface area contributed by atoms with Crippen LogP contribution in [0.1, 0.15) is 65.7 Å². The third kappa shape index (κ3) is 3.60. The fraction of sp³-hybridized carbons (Fsp3) is 0.812. The molecule has 0 saturated heterocycles. The Labute approximate surface area is 112 Å². The molecular weight excluding hydrogens is 220 g/mol. The molecular formula is C16H28N2. The molecule has 0 radical (unpaired) electrons. The summed E-state index contributed by atoms with van der Waals surface area (Å²) in [7, 11) is 0. The van der Waals surface area contributed by atoms with Gasteiger partial charge in [-0.3, -0.25) is 5.43 Å². The van der Waals surface area contributed by atoms with Crippen LogP contribution in [0.3, 0.4) is 0 Å². The maximum absolute atomic E-state index is 4.36. The number of rotatable bonds is 3. The number of hydrogen-bond donors (Lipinski definition) is 1. The van der Waals surface area contributed by atoms with E-state index in [0.29, 0.717) is 5.92 Å². The van der Waals surface area contributed by atoms with Crippen molar-refractivity contribution in [2.45, 2.75) is 65.7 Å². The molecule has 1 aliphatic carbocycles. The molecule has 1 fully saturated rings. The third-order valence-corrected chi connectivity index (χ3v) is 4.54. The summed E-state index contributed by atoms with van der Waals surface area (Å²) < 4.78 is 0. The molecule has 1 aliphatic heterocycles. The van der Waals surface area contributed by atoms with E-state index in [9.17, 15) is 0 Å². The van der Waals surface area contributed by atoms with Crippen molar-refractivity contribution in [3.8, 4) is 0 Å². The summed E-state index contributed by atoms with van der Waals surface area (Å²) in [6.45, 7) is 6.85. The average molecular weight is 248 g/mol. The predicted octanol–water partition coefficient (Wildman–Crippen LogP) is 4.48. The summed E-state index contributed by atoms with van der Waals surface area (Å²) >= 11 is 0. The molecule has 2 atom stereocenters. The first-order valence-electron chi connectivity index (χ1n) is 7.65. The zero-order valence-electron chi connectivity index (χ0n) is 12.2. The lowest BCUT2D eigenvalue weighted by Gasteiger charge is -2.29. The number of nitrogens with zero attached hydrogens (tertiary/aromatic N) is 1. The van der Waals surface area contributed by atoms with Gasteiger partial charge in [0.1, 0.15) is 0 Å². The fourth-order valence-electron chi connectivity index (χ4n) is 3.29. The van der Waals surface area contributed by atoms with Gasteiger partial charge in [-0.25, -0.2) is 0 Å². The summed E-state index contributed by atoms with van der Waals surface area (Å²) in [6, 6.07) is 0. The highest BCUT2D eigenvalue weighted by Gasteiger charge is 2.24. The zero-order valence-corrected chi connectivity index (χ0v) is 12.2. The summed E-state index contributed by atoms with van der Waals surface area (Å²) in [5, 5.41) is 4.36. The van der Waals surface area contributed by atoms with Gasteiger partial charge >= 0.3 is 0 Å². The van der Waals surface area contributed by atoms with Crippen molar-refractivity contribution >= 4 is 5.71 Å². The minimum absolute atomic E-state index is 0.636. The maximum atomic E-state index is 4.36. The first kappa shape index (κ1) is 13.6. The van der Waals surface area contributed by atoms with Crippen LogP contribution in [0.15, 0.2) is 16.9 Å². The van der Waals surface area contributed by atoms with Crippen molar-refractivity contribution in [2.24, 2.45) is 22.9 Å². The van der Waals surface area contributed by atoms with Gasteiger partial charge in [0.05, 0.1) is 0 Å². The second-order valence-electron chi connectivity index (χ2n) is 6.46. The van der Waals surface area contributed by atoms with E-state index in [1.165, 1.54) is 50.7 Å². The number of allylic oxidation sites excluding steroid dienone is 1. The Morgan fingerprint density at radius 1 is 1.33 bits per heavy atom. The minimum atomic E-state index is 0.636. The standard InChI is InChI=1S/C16H28N2/c1-12(2)7-8-14-5-4-6-16-13(3)18-17-11-15(16)10-9-14/h11-12,14,16-17H,4-10H2,1-3H3. The molecule has 0 spiro atoms. The second-order valence-corrected chi connectivity index (χ2v) is 6.46. The van der Waals surface area contributed by atoms with Crippen LogP contribution in [0.2, 0.25) is 0 Å². The van der Waals surface area contributed by atoms with Gasteiger partial charge < -0.3 is 0 Å². The van der Waals surface area contributed by atoms with E-state index < -0.39 is 0 Å². The Balaban J connectivity index is 1.89. The summed E-state index contributed by atoms with van der Waals surface area (Å²) in [5.74, 6) is 2.44. The van der Waals surface area contributed by atoms with Crippen LogP contribution < -0.4 is 5.43 Å².